The normalized spacial score (nSPS) is 11.2. The average Bonchev–Trinajstić information content (AvgIpc) is 2.59. The van der Waals surface area contributed by atoms with Crippen molar-refractivity contribution in [2.75, 3.05) is 13.2 Å². The number of halogens is 1. The van der Waals surface area contributed by atoms with Gasteiger partial charge in [-0.05, 0) is 36.4 Å². The van der Waals surface area contributed by atoms with E-state index in [1.807, 2.05) is 37.3 Å². The van der Waals surface area contributed by atoms with Crippen LogP contribution in [0.15, 0.2) is 54.6 Å². The highest BCUT2D eigenvalue weighted by molar-refractivity contribution is 5.89. The SMILES string of the molecule is CC(CN)COc1ccc(C(=O)OCc2ccccc2)cc1.Cl. The third kappa shape index (κ3) is 6.30. The highest BCUT2D eigenvalue weighted by atomic mass is 35.5. The minimum atomic E-state index is -0.342. The van der Waals surface area contributed by atoms with E-state index in [1.54, 1.807) is 24.3 Å². The molecule has 2 rings (SSSR count). The van der Waals surface area contributed by atoms with Gasteiger partial charge in [-0.25, -0.2) is 4.79 Å². The highest BCUT2D eigenvalue weighted by Crippen LogP contribution is 2.14. The van der Waals surface area contributed by atoms with Crippen molar-refractivity contribution in [3.63, 3.8) is 0 Å². The number of benzene rings is 2. The molecule has 0 aliphatic carbocycles. The Balaban J connectivity index is 0.00000264. The van der Waals surface area contributed by atoms with Crippen molar-refractivity contribution in [3.05, 3.63) is 65.7 Å². The van der Waals surface area contributed by atoms with Crippen LogP contribution in [-0.2, 0) is 11.3 Å². The van der Waals surface area contributed by atoms with Gasteiger partial charge in [-0.3, -0.25) is 0 Å². The third-order valence-electron chi connectivity index (χ3n) is 3.24. The van der Waals surface area contributed by atoms with E-state index in [0.717, 1.165) is 11.3 Å². The summed E-state index contributed by atoms with van der Waals surface area (Å²) in [6.45, 7) is 3.44. The lowest BCUT2D eigenvalue weighted by molar-refractivity contribution is 0.0472. The minimum Gasteiger partial charge on any atom is -0.493 e. The summed E-state index contributed by atoms with van der Waals surface area (Å²) >= 11 is 0. The first-order chi connectivity index (χ1) is 10.7. The lowest BCUT2D eigenvalue weighted by Gasteiger charge is -2.11. The highest BCUT2D eigenvalue weighted by Gasteiger charge is 2.08. The van der Waals surface area contributed by atoms with Gasteiger partial charge in [0.05, 0.1) is 12.2 Å². The maximum atomic E-state index is 12.0. The molecule has 2 aromatic rings. The zero-order valence-corrected chi connectivity index (χ0v) is 13.9. The molecule has 0 fully saturated rings. The Labute approximate surface area is 143 Å². The van der Waals surface area contributed by atoms with Crippen molar-refractivity contribution in [2.24, 2.45) is 11.7 Å². The van der Waals surface area contributed by atoms with Crippen LogP contribution in [0, 0.1) is 5.92 Å². The predicted octanol–water partition coefficient (Wildman–Crippen LogP) is 3.44. The lowest BCUT2D eigenvalue weighted by Crippen LogP contribution is -2.18. The fraction of sp³-hybridized carbons (Fsp3) is 0.278. The summed E-state index contributed by atoms with van der Waals surface area (Å²) in [6, 6.07) is 16.5. The summed E-state index contributed by atoms with van der Waals surface area (Å²) in [7, 11) is 0. The molecule has 2 N–H and O–H groups in total. The first-order valence-electron chi connectivity index (χ1n) is 7.33. The minimum absolute atomic E-state index is 0. The largest absolute Gasteiger partial charge is 0.493 e. The molecule has 0 aliphatic heterocycles. The molecule has 5 heteroatoms. The second kappa shape index (κ2) is 9.87. The van der Waals surface area contributed by atoms with Crippen molar-refractivity contribution < 1.29 is 14.3 Å². The molecule has 0 saturated heterocycles. The maximum absolute atomic E-state index is 12.0. The number of nitrogens with two attached hydrogens (primary N) is 1. The van der Waals surface area contributed by atoms with Gasteiger partial charge >= 0.3 is 5.97 Å². The number of esters is 1. The molecule has 0 heterocycles. The van der Waals surface area contributed by atoms with Crippen molar-refractivity contribution in [1.29, 1.82) is 0 Å². The monoisotopic (exact) mass is 335 g/mol. The van der Waals surface area contributed by atoms with Gasteiger partial charge in [0, 0.05) is 5.92 Å². The first kappa shape index (κ1) is 19.0. The molecule has 0 bridgehead atoms. The first-order valence-corrected chi connectivity index (χ1v) is 7.33. The standard InChI is InChI=1S/C18H21NO3.ClH/c1-14(11-19)12-21-17-9-7-16(8-10-17)18(20)22-13-15-5-3-2-4-6-15;/h2-10,14H,11-13,19H2,1H3;1H. The summed E-state index contributed by atoms with van der Waals surface area (Å²) in [5.74, 6) is 0.682. The van der Waals surface area contributed by atoms with Crippen molar-refractivity contribution in [2.45, 2.75) is 13.5 Å². The molecule has 1 unspecified atom stereocenters. The van der Waals surface area contributed by atoms with Gasteiger partial charge in [0.15, 0.2) is 0 Å². The van der Waals surface area contributed by atoms with E-state index in [9.17, 15) is 4.79 Å². The topological polar surface area (TPSA) is 61.5 Å². The maximum Gasteiger partial charge on any atom is 0.338 e. The number of carbonyl (C=O) groups excluding carboxylic acids is 1. The second-order valence-electron chi connectivity index (χ2n) is 5.24. The molecule has 2 aromatic carbocycles. The van der Waals surface area contributed by atoms with E-state index in [4.69, 9.17) is 15.2 Å². The van der Waals surface area contributed by atoms with Crippen LogP contribution in [0.5, 0.6) is 5.75 Å². The zero-order chi connectivity index (χ0) is 15.8. The van der Waals surface area contributed by atoms with Crippen LogP contribution in [0.3, 0.4) is 0 Å². The van der Waals surface area contributed by atoms with E-state index in [0.29, 0.717) is 24.6 Å². The molecule has 23 heavy (non-hydrogen) atoms. The van der Waals surface area contributed by atoms with Crippen LogP contribution < -0.4 is 10.5 Å². The average molecular weight is 336 g/mol. The van der Waals surface area contributed by atoms with Gasteiger partial charge in [-0.1, -0.05) is 37.3 Å². The molecule has 0 saturated carbocycles. The fourth-order valence-electron chi connectivity index (χ4n) is 1.80. The molecule has 0 amide bonds. The second-order valence-corrected chi connectivity index (χ2v) is 5.24. The smallest absolute Gasteiger partial charge is 0.338 e. The number of hydrogen-bond donors (Lipinski definition) is 1. The van der Waals surface area contributed by atoms with E-state index in [-0.39, 0.29) is 25.0 Å². The quantitative estimate of drug-likeness (QED) is 0.787. The van der Waals surface area contributed by atoms with E-state index in [1.165, 1.54) is 0 Å². The van der Waals surface area contributed by atoms with Crippen molar-refractivity contribution in [3.8, 4) is 5.75 Å². The molecular formula is C18H22ClNO3. The van der Waals surface area contributed by atoms with Crippen LogP contribution >= 0.6 is 12.4 Å². The van der Waals surface area contributed by atoms with E-state index < -0.39 is 0 Å². The number of hydrogen-bond acceptors (Lipinski definition) is 4. The molecule has 124 valence electrons. The van der Waals surface area contributed by atoms with Gasteiger partial charge in [0.25, 0.3) is 0 Å². The Morgan fingerprint density at radius 3 is 2.35 bits per heavy atom. The molecule has 0 spiro atoms. The number of ether oxygens (including phenoxy) is 2. The lowest BCUT2D eigenvalue weighted by atomic mass is 10.2. The summed E-state index contributed by atoms with van der Waals surface area (Å²) in [5.41, 5.74) is 7.01. The summed E-state index contributed by atoms with van der Waals surface area (Å²) in [5, 5.41) is 0. The summed E-state index contributed by atoms with van der Waals surface area (Å²) in [6.07, 6.45) is 0. The summed E-state index contributed by atoms with van der Waals surface area (Å²) in [4.78, 5) is 12.0. The Bertz CT molecular complexity index is 587. The van der Waals surface area contributed by atoms with E-state index in [2.05, 4.69) is 0 Å². The van der Waals surface area contributed by atoms with Crippen molar-refractivity contribution >= 4 is 18.4 Å². The van der Waals surface area contributed by atoms with Crippen LogP contribution in [0.1, 0.15) is 22.8 Å². The summed E-state index contributed by atoms with van der Waals surface area (Å²) < 4.78 is 10.9. The van der Waals surface area contributed by atoms with Crippen LogP contribution in [0.4, 0.5) is 0 Å². The Kier molecular flexibility index (Phi) is 8.16. The number of rotatable bonds is 7. The molecule has 0 aromatic heterocycles. The third-order valence-corrected chi connectivity index (χ3v) is 3.24. The molecule has 0 radical (unpaired) electrons. The van der Waals surface area contributed by atoms with Gasteiger partial charge in [0.1, 0.15) is 12.4 Å². The molecule has 0 aliphatic rings. The van der Waals surface area contributed by atoms with Crippen LogP contribution in [0.2, 0.25) is 0 Å². The van der Waals surface area contributed by atoms with Crippen molar-refractivity contribution in [1.82, 2.24) is 0 Å². The van der Waals surface area contributed by atoms with Crippen LogP contribution in [0.25, 0.3) is 0 Å². The van der Waals surface area contributed by atoms with Gasteiger partial charge < -0.3 is 15.2 Å². The number of carbonyl (C=O) groups is 1. The predicted molar refractivity (Wildman–Crippen MR) is 93.0 cm³/mol. The molecule has 4 nitrogen and oxygen atoms in total. The Morgan fingerprint density at radius 1 is 1.09 bits per heavy atom. The molecule has 1 atom stereocenters. The Hall–Kier alpha value is -2.04. The van der Waals surface area contributed by atoms with Gasteiger partial charge in [-0.15, -0.1) is 12.4 Å². The molecular weight excluding hydrogens is 314 g/mol. The Morgan fingerprint density at radius 2 is 1.74 bits per heavy atom. The van der Waals surface area contributed by atoms with Gasteiger partial charge in [0.2, 0.25) is 0 Å². The zero-order valence-electron chi connectivity index (χ0n) is 13.1. The fourth-order valence-corrected chi connectivity index (χ4v) is 1.80. The van der Waals surface area contributed by atoms with Crippen LogP contribution in [-0.4, -0.2) is 19.1 Å². The van der Waals surface area contributed by atoms with E-state index >= 15 is 0 Å². The van der Waals surface area contributed by atoms with Gasteiger partial charge in [-0.2, -0.15) is 0 Å².